The van der Waals surface area contributed by atoms with Gasteiger partial charge < -0.3 is 34.8 Å². The van der Waals surface area contributed by atoms with Gasteiger partial charge in [0.15, 0.2) is 11.6 Å². The lowest BCUT2D eigenvalue weighted by Gasteiger charge is -2.30. The molecule has 2 aliphatic rings. The van der Waals surface area contributed by atoms with Crippen molar-refractivity contribution in [2.45, 2.75) is 83.8 Å². The molecule has 0 aliphatic carbocycles. The standard InChI is InChI=1S/C37H46FN9O9/c1-21(2)33-23(15-31(50)40-11-13-46-19-27(44-45-46)26-18-41-37(54)43-34(26)51)8-9-30(49)39-10-4-6-22(3)14-25(48)16-24(38)17-32-42-28(20-55-32)35(52)47-12-5-7-29(47)36(53)56-33/h4,6,8-9,14,18-21,23-25,29,33,48H,5,7,10-13,15-17H2,1-3H3,(H,39,49)(H,40,50)(H2,41,43,51,54)/b6-4+,9-8+,22-14+/t23-,24+,25+,29+,33+/m0/s1. The van der Waals surface area contributed by atoms with Crippen molar-refractivity contribution in [1.82, 2.24) is 45.5 Å². The number of H-pyrrole nitrogens is 2. The van der Waals surface area contributed by atoms with E-state index in [1.807, 2.05) is 13.8 Å². The fraction of sp³-hybridized carbons (Fsp3) is 0.486. The summed E-state index contributed by atoms with van der Waals surface area (Å²) in [6.07, 6.45) is 8.04. The number of hydrogen-bond acceptors (Lipinski definition) is 12. The number of carbonyl (C=O) groups excluding carboxylic acids is 4. The minimum absolute atomic E-state index is 0.0256. The molecule has 3 aromatic heterocycles. The molecule has 18 nitrogen and oxygen atoms in total. The molecular formula is C37H46FN9O9. The number of oxazole rings is 1. The summed E-state index contributed by atoms with van der Waals surface area (Å²) in [6.45, 7) is 6.00. The third kappa shape index (κ3) is 11.3. The fourth-order valence-corrected chi connectivity index (χ4v) is 6.49. The summed E-state index contributed by atoms with van der Waals surface area (Å²) in [7, 11) is 0. The second kappa shape index (κ2) is 19.1. The zero-order valence-corrected chi connectivity index (χ0v) is 31.3. The van der Waals surface area contributed by atoms with Gasteiger partial charge in [-0.05, 0) is 31.8 Å². The Bertz CT molecular complexity index is 2080. The number of amides is 3. The Morgan fingerprint density at radius 2 is 1.96 bits per heavy atom. The van der Waals surface area contributed by atoms with E-state index in [0.29, 0.717) is 18.4 Å². The Morgan fingerprint density at radius 3 is 2.73 bits per heavy atom. The first-order valence-electron chi connectivity index (χ1n) is 18.4. The molecule has 0 saturated carbocycles. The number of esters is 1. The summed E-state index contributed by atoms with van der Waals surface area (Å²) in [5, 5.41) is 23.8. The normalized spacial score (nSPS) is 25.1. The topological polar surface area (TPSA) is 247 Å². The molecule has 5 N–H and O–H groups in total. The Balaban J connectivity index is 1.32. The second-order valence-electron chi connectivity index (χ2n) is 14.0. The molecular weight excluding hydrogens is 733 g/mol. The van der Waals surface area contributed by atoms with Crippen molar-refractivity contribution < 1.29 is 37.8 Å². The van der Waals surface area contributed by atoms with Crippen LogP contribution in [0.5, 0.6) is 0 Å². The van der Waals surface area contributed by atoms with Gasteiger partial charge >= 0.3 is 11.7 Å². The summed E-state index contributed by atoms with van der Waals surface area (Å²) in [4.78, 5) is 86.9. The molecule has 5 heterocycles. The van der Waals surface area contributed by atoms with Gasteiger partial charge in [0.05, 0.1) is 30.8 Å². The molecule has 19 heteroatoms. The maximum absolute atomic E-state index is 14.8. The zero-order chi connectivity index (χ0) is 40.4. The highest BCUT2D eigenvalue weighted by Gasteiger charge is 2.39. The number of alkyl halides is 1. The monoisotopic (exact) mass is 779 g/mol. The molecule has 0 spiro atoms. The summed E-state index contributed by atoms with van der Waals surface area (Å²) in [5.74, 6) is -3.28. The summed E-state index contributed by atoms with van der Waals surface area (Å²) in [5.41, 5.74) is -0.424. The van der Waals surface area contributed by atoms with Crippen LogP contribution in [0.4, 0.5) is 4.39 Å². The number of nitrogens with one attached hydrogen (secondary N) is 4. The van der Waals surface area contributed by atoms with Crippen LogP contribution in [0.15, 0.2) is 68.6 Å². The molecule has 0 unspecified atom stereocenters. The average Bonchev–Trinajstić information content (AvgIpc) is 3.92. The Labute approximate surface area is 320 Å². The van der Waals surface area contributed by atoms with E-state index in [9.17, 15) is 38.3 Å². The van der Waals surface area contributed by atoms with Crippen LogP contribution in [0.1, 0.15) is 62.8 Å². The van der Waals surface area contributed by atoms with E-state index in [-0.39, 0.29) is 74.2 Å². The van der Waals surface area contributed by atoms with Crippen LogP contribution in [0, 0.1) is 11.8 Å². The molecule has 3 amide bonds. The first-order valence-corrected chi connectivity index (χ1v) is 18.4. The molecule has 0 aromatic carbocycles. The van der Waals surface area contributed by atoms with Crippen LogP contribution in [0.3, 0.4) is 0 Å². The van der Waals surface area contributed by atoms with Crippen LogP contribution >= 0.6 is 0 Å². The Kier molecular flexibility index (Phi) is 14.0. The number of aromatic nitrogens is 6. The first-order chi connectivity index (χ1) is 26.8. The number of aliphatic hydroxyl groups is 1. The van der Waals surface area contributed by atoms with E-state index in [1.54, 1.807) is 19.1 Å². The summed E-state index contributed by atoms with van der Waals surface area (Å²) < 4.78 is 27.7. The van der Waals surface area contributed by atoms with Crippen molar-refractivity contribution in [3.05, 3.63) is 87.0 Å². The van der Waals surface area contributed by atoms with Crippen LogP contribution in [-0.2, 0) is 32.1 Å². The Morgan fingerprint density at radius 1 is 1.16 bits per heavy atom. The number of cyclic esters (lactones) is 1. The molecule has 5 rings (SSSR count). The molecule has 2 aliphatic heterocycles. The van der Waals surface area contributed by atoms with Crippen LogP contribution < -0.4 is 21.9 Å². The third-order valence-corrected chi connectivity index (χ3v) is 9.22. The lowest BCUT2D eigenvalue weighted by Crippen LogP contribution is -2.44. The number of hydrogen-bond donors (Lipinski definition) is 5. The number of halogens is 1. The number of allylic oxidation sites excluding steroid dienone is 2. The molecule has 2 bridgehead atoms. The van der Waals surface area contributed by atoms with E-state index < -0.39 is 65.3 Å². The summed E-state index contributed by atoms with van der Waals surface area (Å²) in [6, 6.07) is -0.961. The molecule has 1 fully saturated rings. The molecule has 0 radical (unpaired) electrons. The van der Waals surface area contributed by atoms with Crippen molar-refractivity contribution in [2.24, 2.45) is 11.8 Å². The van der Waals surface area contributed by atoms with Crippen LogP contribution in [0.25, 0.3) is 11.3 Å². The predicted octanol–water partition coefficient (Wildman–Crippen LogP) is 1.12. The lowest BCUT2D eigenvalue weighted by atomic mass is 9.89. The number of carbonyl (C=O) groups is 4. The third-order valence-electron chi connectivity index (χ3n) is 9.22. The number of aromatic amines is 2. The average molecular weight is 780 g/mol. The van der Waals surface area contributed by atoms with Gasteiger partial charge in [-0.15, -0.1) is 5.10 Å². The maximum atomic E-state index is 14.8. The van der Waals surface area contributed by atoms with Gasteiger partial charge in [-0.1, -0.05) is 48.9 Å². The van der Waals surface area contributed by atoms with Gasteiger partial charge in [-0.25, -0.2) is 19.0 Å². The fourth-order valence-electron chi connectivity index (χ4n) is 6.49. The smallest absolute Gasteiger partial charge is 0.329 e. The van der Waals surface area contributed by atoms with Crippen LogP contribution in [-0.4, -0.2) is 108 Å². The largest absolute Gasteiger partial charge is 0.460 e. The Hall–Kier alpha value is -5.98. The van der Waals surface area contributed by atoms with Crippen molar-refractivity contribution >= 4 is 23.7 Å². The molecule has 5 atom stereocenters. The minimum Gasteiger partial charge on any atom is -0.460 e. The number of aliphatic hydroxyl groups excluding tert-OH is 1. The lowest BCUT2D eigenvalue weighted by molar-refractivity contribution is -0.159. The number of nitrogens with zero attached hydrogens (tertiary/aromatic N) is 5. The van der Waals surface area contributed by atoms with Crippen LogP contribution in [0.2, 0.25) is 0 Å². The first kappa shape index (κ1) is 41.2. The van der Waals surface area contributed by atoms with Gasteiger partial charge in [0.1, 0.15) is 30.3 Å². The van der Waals surface area contributed by atoms with Crippen molar-refractivity contribution in [3.8, 4) is 11.3 Å². The van der Waals surface area contributed by atoms with E-state index in [4.69, 9.17) is 9.15 Å². The van der Waals surface area contributed by atoms with E-state index >= 15 is 0 Å². The molecule has 3 aromatic rings. The zero-order valence-electron chi connectivity index (χ0n) is 31.3. The van der Waals surface area contributed by atoms with Crippen molar-refractivity contribution in [2.75, 3.05) is 19.6 Å². The summed E-state index contributed by atoms with van der Waals surface area (Å²) >= 11 is 0. The maximum Gasteiger partial charge on any atom is 0.329 e. The van der Waals surface area contributed by atoms with Crippen molar-refractivity contribution in [1.29, 1.82) is 0 Å². The second-order valence-corrected chi connectivity index (χ2v) is 14.0. The van der Waals surface area contributed by atoms with Gasteiger partial charge in [0.2, 0.25) is 11.8 Å². The highest BCUT2D eigenvalue weighted by molar-refractivity contribution is 5.95. The SMILES string of the molecule is CC1=C\[C@@H](O)C[C@@H](F)Cc2nc(co2)C(=O)N2CCC[C@@H]2C(=O)O[C@H](C(C)C)[C@H](CC(=O)NCCn2cc(-c3c[nH]c(=O)[nH]c3=O)nn2)/C=C/C(=O)NC\C=C\1. The number of ether oxygens (including phenoxy) is 1. The molecule has 56 heavy (non-hydrogen) atoms. The van der Waals surface area contributed by atoms with Gasteiger partial charge in [0.25, 0.3) is 11.5 Å². The molecule has 1 saturated heterocycles. The quantitative estimate of drug-likeness (QED) is 0.212. The van der Waals surface area contributed by atoms with Crippen molar-refractivity contribution in [3.63, 3.8) is 0 Å². The van der Waals surface area contributed by atoms with Gasteiger partial charge in [-0.3, -0.25) is 28.8 Å². The highest BCUT2D eigenvalue weighted by Crippen LogP contribution is 2.27. The number of fused-ring (bicyclic) bond motifs is 3. The predicted molar refractivity (Wildman–Crippen MR) is 197 cm³/mol. The molecule has 300 valence electrons. The van der Waals surface area contributed by atoms with Gasteiger partial charge in [-0.2, -0.15) is 0 Å². The number of rotatable bonds is 7. The van der Waals surface area contributed by atoms with E-state index in [0.717, 1.165) is 6.26 Å². The van der Waals surface area contributed by atoms with E-state index in [2.05, 4.69) is 35.9 Å². The highest BCUT2D eigenvalue weighted by atomic mass is 19.1. The van der Waals surface area contributed by atoms with E-state index in [1.165, 1.54) is 40.2 Å². The van der Waals surface area contributed by atoms with Gasteiger partial charge in [0, 0.05) is 44.6 Å². The minimum atomic E-state index is -1.52.